The number of benzene rings is 1. The molecule has 1 aromatic rings. The molecule has 0 atom stereocenters. The predicted molar refractivity (Wildman–Crippen MR) is 101 cm³/mol. The molecule has 1 aromatic carbocycles. The maximum absolute atomic E-state index is 13.2. The molecule has 0 bridgehead atoms. The summed E-state index contributed by atoms with van der Waals surface area (Å²) in [4.78, 5) is 15.3. The maximum Gasteiger partial charge on any atom is 0.254 e. The number of nitrogens with one attached hydrogen (secondary N) is 2. The monoisotopic (exact) mass is 341 g/mol. The molecule has 1 amide bonds. The molecule has 0 aromatic heterocycles. The number of nitrogens with zero attached hydrogens (tertiary/aromatic N) is 1. The SMILES string of the molecule is O=C(c1ccccc1CC1CCNCC1)N1CCC2(CCNC2)CC1. The van der Waals surface area contributed by atoms with Crippen molar-refractivity contribution in [3.05, 3.63) is 35.4 Å². The summed E-state index contributed by atoms with van der Waals surface area (Å²) in [5.41, 5.74) is 2.66. The molecule has 0 unspecified atom stereocenters. The van der Waals surface area contributed by atoms with Crippen LogP contribution in [0.4, 0.5) is 0 Å². The van der Waals surface area contributed by atoms with Crippen molar-refractivity contribution >= 4 is 5.91 Å². The van der Waals surface area contributed by atoms with Crippen LogP contribution in [0.3, 0.4) is 0 Å². The van der Waals surface area contributed by atoms with Crippen molar-refractivity contribution in [3.8, 4) is 0 Å². The van der Waals surface area contributed by atoms with Crippen molar-refractivity contribution in [2.45, 2.75) is 38.5 Å². The summed E-state index contributed by atoms with van der Waals surface area (Å²) in [6.07, 6.45) is 7.08. The lowest BCUT2D eigenvalue weighted by molar-refractivity contribution is 0.0606. The average molecular weight is 341 g/mol. The van der Waals surface area contributed by atoms with E-state index in [1.807, 2.05) is 12.1 Å². The van der Waals surface area contributed by atoms with Gasteiger partial charge in [-0.15, -0.1) is 0 Å². The van der Waals surface area contributed by atoms with Crippen LogP contribution in [-0.2, 0) is 6.42 Å². The number of amides is 1. The van der Waals surface area contributed by atoms with Crippen LogP contribution in [-0.4, -0.2) is 50.1 Å². The van der Waals surface area contributed by atoms with Gasteiger partial charge in [-0.3, -0.25) is 4.79 Å². The standard InChI is InChI=1S/C21H31N3O/c25-20(24-13-8-21(9-14-24)7-12-23-16-21)19-4-2-1-3-18(19)15-17-5-10-22-11-6-17/h1-4,17,22-23H,5-16H2. The molecule has 3 fully saturated rings. The summed E-state index contributed by atoms with van der Waals surface area (Å²) in [5, 5.41) is 6.94. The van der Waals surface area contributed by atoms with Gasteiger partial charge in [0.05, 0.1) is 0 Å². The lowest BCUT2D eigenvalue weighted by Crippen LogP contribution is -2.44. The summed E-state index contributed by atoms with van der Waals surface area (Å²) >= 11 is 0. The van der Waals surface area contributed by atoms with Gasteiger partial charge in [-0.1, -0.05) is 18.2 Å². The van der Waals surface area contributed by atoms with Crippen molar-refractivity contribution in [1.29, 1.82) is 0 Å². The number of rotatable bonds is 3. The molecule has 2 N–H and O–H groups in total. The Bertz CT molecular complexity index is 593. The molecule has 4 rings (SSSR count). The highest BCUT2D eigenvalue weighted by Crippen LogP contribution is 2.37. The molecule has 4 nitrogen and oxygen atoms in total. The van der Waals surface area contributed by atoms with Crippen LogP contribution in [0.1, 0.15) is 48.0 Å². The third-order valence-corrected chi connectivity index (χ3v) is 6.66. The van der Waals surface area contributed by atoms with Gasteiger partial charge in [0.1, 0.15) is 0 Å². The van der Waals surface area contributed by atoms with Crippen LogP contribution in [0.15, 0.2) is 24.3 Å². The molecule has 0 saturated carbocycles. The third kappa shape index (κ3) is 3.75. The van der Waals surface area contributed by atoms with Crippen molar-refractivity contribution in [2.75, 3.05) is 39.3 Å². The molecule has 136 valence electrons. The molecule has 0 aliphatic carbocycles. The van der Waals surface area contributed by atoms with Crippen molar-refractivity contribution in [2.24, 2.45) is 11.3 Å². The Hall–Kier alpha value is -1.39. The van der Waals surface area contributed by atoms with Crippen LogP contribution in [0.25, 0.3) is 0 Å². The van der Waals surface area contributed by atoms with Crippen LogP contribution in [0, 0.1) is 11.3 Å². The summed E-state index contributed by atoms with van der Waals surface area (Å²) in [6.45, 7) is 6.35. The first-order valence-corrected chi connectivity index (χ1v) is 10.0. The Morgan fingerprint density at radius 1 is 1.04 bits per heavy atom. The van der Waals surface area contributed by atoms with Crippen molar-refractivity contribution < 1.29 is 4.79 Å². The zero-order valence-corrected chi connectivity index (χ0v) is 15.2. The average Bonchev–Trinajstić information content (AvgIpc) is 3.11. The van der Waals surface area contributed by atoms with E-state index >= 15 is 0 Å². The second-order valence-electron chi connectivity index (χ2n) is 8.27. The number of carbonyl (C=O) groups excluding carboxylic acids is 1. The van der Waals surface area contributed by atoms with Gasteiger partial charge >= 0.3 is 0 Å². The van der Waals surface area contributed by atoms with Crippen LogP contribution in [0.5, 0.6) is 0 Å². The molecule has 1 spiro atoms. The molecule has 3 aliphatic heterocycles. The summed E-state index contributed by atoms with van der Waals surface area (Å²) in [6, 6.07) is 8.32. The summed E-state index contributed by atoms with van der Waals surface area (Å²) in [5.74, 6) is 0.967. The number of hydrogen-bond donors (Lipinski definition) is 2. The van der Waals surface area contributed by atoms with Gasteiger partial charge in [0.25, 0.3) is 5.91 Å². The Kier molecular flexibility index (Phi) is 5.09. The molecule has 25 heavy (non-hydrogen) atoms. The zero-order chi connectivity index (χ0) is 17.1. The minimum absolute atomic E-state index is 0.255. The van der Waals surface area contributed by atoms with Gasteiger partial charge in [0.2, 0.25) is 0 Å². The molecular formula is C21H31N3O. The van der Waals surface area contributed by atoms with Crippen molar-refractivity contribution in [3.63, 3.8) is 0 Å². The number of hydrogen-bond acceptors (Lipinski definition) is 3. The Balaban J connectivity index is 1.43. The number of piperidine rings is 2. The fourth-order valence-corrected chi connectivity index (χ4v) is 4.88. The second-order valence-corrected chi connectivity index (χ2v) is 8.27. The topological polar surface area (TPSA) is 44.4 Å². The second kappa shape index (κ2) is 7.46. The van der Waals surface area contributed by atoms with E-state index in [1.165, 1.54) is 24.8 Å². The van der Waals surface area contributed by atoms with Crippen LogP contribution < -0.4 is 10.6 Å². The Labute approximate surface area is 151 Å². The Morgan fingerprint density at radius 3 is 2.52 bits per heavy atom. The van der Waals surface area contributed by atoms with E-state index in [0.29, 0.717) is 11.3 Å². The first-order valence-electron chi connectivity index (χ1n) is 10.0. The zero-order valence-electron chi connectivity index (χ0n) is 15.2. The molecule has 4 heteroatoms. The lowest BCUT2D eigenvalue weighted by atomic mass is 9.77. The molecular weight excluding hydrogens is 310 g/mol. The van der Waals surface area contributed by atoms with Gasteiger partial charge < -0.3 is 15.5 Å². The molecule has 3 aliphatic rings. The lowest BCUT2D eigenvalue weighted by Gasteiger charge is -2.39. The normalized spacial score (nSPS) is 23.9. The van der Waals surface area contributed by atoms with Crippen LogP contribution in [0.2, 0.25) is 0 Å². The molecule has 3 saturated heterocycles. The van der Waals surface area contributed by atoms with Gasteiger partial charge in [-0.25, -0.2) is 0 Å². The summed E-state index contributed by atoms with van der Waals surface area (Å²) in [7, 11) is 0. The smallest absolute Gasteiger partial charge is 0.254 e. The van der Waals surface area contributed by atoms with E-state index in [-0.39, 0.29) is 5.91 Å². The molecule has 3 heterocycles. The van der Waals surface area contributed by atoms with E-state index in [2.05, 4.69) is 27.7 Å². The van der Waals surface area contributed by atoms with E-state index < -0.39 is 0 Å². The van der Waals surface area contributed by atoms with E-state index in [4.69, 9.17) is 0 Å². The highest BCUT2D eigenvalue weighted by Gasteiger charge is 2.38. The van der Waals surface area contributed by atoms with Gasteiger partial charge in [-0.05, 0) is 81.1 Å². The minimum Gasteiger partial charge on any atom is -0.339 e. The number of likely N-dealkylation sites (tertiary alicyclic amines) is 1. The Morgan fingerprint density at radius 2 is 1.80 bits per heavy atom. The number of carbonyl (C=O) groups is 1. The van der Waals surface area contributed by atoms with Gasteiger partial charge in [0.15, 0.2) is 0 Å². The van der Waals surface area contributed by atoms with Gasteiger partial charge in [-0.2, -0.15) is 0 Å². The predicted octanol–water partition coefficient (Wildman–Crippen LogP) is 2.44. The largest absolute Gasteiger partial charge is 0.339 e. The highest BCUT2D eigenvalue weighted by molar-refractivity contribution is 5.95. The summed E-state index contributed by atoms with van der Waals surface area (Å²) < 4.78 is 0. The fourth-order valence-electron chi connectivity index (χ4n) is 4.88. The first kappa shape index (κ1) is 17.0. The third-order valence-electron chi connectivity index (χ3n) is 6.66. The highest BCUT2D eigenvalue weighted by atomic mass is 16.2. The van der Waals surface area contributed by atoms with E-state index in [1.54, 1.807) is 0 Å². The first-order chi connectivity index (χ1) is 12.3. The van der Waals surface area contributed by atoms with E-state index in [0.717, 1.165) is 64.1 Å². The van der Waals surface area contributed by atoms with Crippen LogP contribution >= 0.6 is 0 Å². The quantitative estimate of drug-likeness (QED) is 0.888. The minimum atomic E-state index is 0.255. The molecule has 0 radical (unpaired) electrons. The fraction of sp³-hybridized carbons (Fsp3) is 0.667. The van der Waals surface area contributed by atoms with Gasteiger partial charge in [0, 0.05) is 25.2 Å². The maximum atomic E-state index is 13.2. The van der Waals surface area contributed by atoms with E-state index in [9.17, 15) is 4.79 Å². The van der Waals surface area contributed by atoms with Crippen molar-refractivity contribution in [1.82, 2.24) is 15.5 Å².